The van der Waals surface area contributed by atoms with Crippen LogP contribution in [0.5, 0.6) is 5.75 Å². The van der Waals surface area contributed by atoms with Gasteiger partial charge >= 0.3 is 0 Å². The molecular weight excluding hydrogens is 268 g/mol. The lowest BCUT2D eigenvalue weighted by Gasteiger charge is -2.34. The monoisotopic (exact) mass is 288 g/mol. The van der Waals surface area contributed by atoms with Crippen molar-refractivity contribution in [2.24, 2.45) is 0 Å². The first-order chi connectivity index (χ1) is 10.1. The van der Waals surface area contributed by atoms with Crippen molar-refractivity contribution in [3.05, 3.63) is 29.3 Å². The van der Waals surface area contributed by atoms with Crippen LogP contribution in [0, 0.1) is 0 Å². The zero-order chi connectivity index (χ0) is 14.8. The Kier molecular flexibility index (Phi) is 3.82. The molecule has 3 rings (SSSR count). The molecule has 1 saturated heterocycles. The molecule has 2 aliphatic heterocycles. The van der Waals surface area contributed by atoms with Crippen LogP contribution in [0.15, 0.2) is 18.2 Å². The summed E-state index contributed by atoms with van der Waals surface area (Å²) in [5.74, 6) is 1.17. The Labute approximate surface area is 124 Å². The molecule has 21 heavy (non-hydrogen) atoms. The zero-order valence-electron chi connectivity index (χ0n) is 12.3. The minimum atomic E-state index is 0.0840. The molecule has 1 aromatic carbocycles. The van der Waals surface area contributed by atoms with Gasteiger partial charge in [0.15, 0.2) is 0 Å². The fraction of sp³-hybridized carbons (Fsp3) is 0.500. The van der Waals surface area contributed by atoms with Gasteiger partial charge in [0.25, 0.3) is 0 Å². The molecule has 0 unspecified atom stereocenters. The van der Waals surface area contributed by atoms with Gasteiger partial charge in [-0.3, -0.25) is 9.59 Å². The highest BCUT2D eigenvalue weighted by Crippen LogP contribution is 2.26. The zero-order valence-corrected chi connectivity index (χ0v) is 12.3. The molecule has 1 fully saturated rings. The standard InChI is InChI=1S/C16H20N2O3/c1-12(19)17-5-7-18(8-6-17)16(20)11-13-2-3-15-14(10-13)4-9-21-15/h2-3,10H,4-9,11H2,1H3. The Balaban J connectivity index is 1.58. The summed E-state index contributed by atoms with van der Waals surface area (Å²) >= 11 is 0. The fourth-order valence-corrected chi connectivity index (χ4v) is 2.91. The van der Waals surface area contributed by atoms with Crippen LogP contribution >= 0.6 is 0 Å². The molecule has 0 radical (unpaired) electrons. The molecule has 112 valence electrons. The molecule has 0 aliphatic carbocycles. The van der Waals surface area contributed by atoms with E-state index in [0.29, 0.717) is 32.6 Å². The van der Waals surface area contributed by atoms with E-state index in [1.54, 1.807) is 11.8 Å². The van der Waals surface area contributed by atoms with Crippen LogP contribution in [-0.2, 0) is 22.4 Å². The van der Waals surface area contributed by atoms with Crippen molar-refractivity contribution in [2.75, 3.05) is 32.8 Å². The van der Waals surface area contributed by atoms with Gasteiger partial charge in [0.05, 0.1) is 13.0 Å². The van der Waals surface area contributed by atoms with Gasteiger partial charge in [-0.05, 0) is 17.2 Å². The molecule has 5 heteroatoms. The normalized spacial score (nSPS) is 17.4. The molecule has 5 nitrogen and oxygen atoms in total. The van der Waals surface area contributed by atoms with Crippen molar-refractivity contribution in [2.45, 2.75) is 19.8 Å². The summed E-state index contributed by atoms with van der Waals surface area (Å²) < 4.78 is 5.48. The van der Waals surface area contributed by atoms with E-state index in [4.69, 9.17) is 4.74 Å². The number of ether oxygens (including phenoxy) is 1. The van der Waals surface area contributed by atoms with Crippen LogP contribution in [-0.4, -0.2) is 54.4 Å². The van der Waals surface area contributed by atoms with E-state index >= 15 is 0 Å². The third-order valence-corrected chi connectivity index (χ3v) is 4.19. The molecule has 0 spiro atoms. The van der Waals surface area contributed by atoms with Crippen LogP contribution in [0.4, 0.5) is 0 Å². The highest BCUT2D eigenvalue weighted by Gasteiger charge is 2.22. The molecule has 0 atom stereocenters. The second-order valence-electron chi connectivity index (χ2n) is 5.60. The molecule has 0 aromatic heterocycles. The van der Waals surface area contributed by atoms with Crippen LogP contribution in [0.1, 0.15) is 18.1 Å². The molecule has 0 bridgehead atoms. The third-order valence-electron chi connectivity index (χ3n) is 4.19. The predicted octanol–water partition coefficient (Wildman–Crippen LogP) is 0.855. The van der Waals surface area contributed by atoms with Gasteiger partial charge in [-0.2, -0.15) is 0 Å². The molecule has 2 amide bonds. The van der Waals surface area contributed by atoms with E-state index in [2.05, 4.69) is 6.07 Å². The lowest BCUT2D eigenvalue weighted by atomic mass is 10.1. The van der Waals surface area contributed by atoms with Gasteiger partial charge in [0, 0.05) is 39.5 Å². The highest BCUT2D eigenvalue weighted by molar-refractivity contribution is 5.79. The van der Waals surface area contributed by atoms with Gasteiger partial charge in [0.2, 0.25) is 11.8 Å². The average Bonchev–Trinajstić information content (AvgIpc) is 2.95. The van der Waals surface area contributed by atoms with Crippen molar-refractivity contribution in [3.63, 3.8) is 0 Å². The van der Waals surface area contributed by atoms with E-state index in [9.17, 15) is 9.59 Å². The average molecular weight is 288 g/mol. The first-order valence-electron chi connectivity index (χ1n) is 7.41. The molecular formula is C16H20N2O3. The van der Waals surface area contributed by atoms with E-state index in [1.807, 2.05) is 17.0 Å². The second-order valence-corrected chi connectivity index (χ2v) is 5.60. The number of benzene rings is 1. The van der Waals surface area contributed by atoms with Gasteiger partial charge in [-0.15, -0.1) is 0 Å². The Bertz CT molecular complexity index is 563. The summed E-state index contributed by atoms with van der Waals surface area (Å²) in [6, 6.07) is 6.00. The minimum absolute atomic E-state index is 0.0840. The number of piperazine rings is 1. The van der Waals surface area contributed by atoms with Gasteiger partial charge in [-0.1, -0.05) is 12.1 Å². The topological polar surface area (TPSA) is 49.9 Å². The molecule has 2 aliphatic rings. The number of carbonyl (C=O) groups excluding carboxylic acids is 2. The summed E-state index contributed by atoms with van der Waals surface area (Å²) in [6.07, 6.45) is 1.35. The second kappa shape index (κ2) is 5.76. The number of hydrogen-bond acceptors (Lipinski definition) is 3. The predicted molar refractivity (Wildman–Crippen MR) is 78.2 cm³/mol. The summed E-state index contributed by atoms with van der Waals surface area (Å²) in [7, 11) is 0. The van der Waals surface area contributed by atoms with Crippen LogP contribution in [0.3, 0.4) is 0 Å². The first kappa shape index (κ1) is 13.9. The number of amides is 2. The minimum Gasteiger partial charge on any atom is -0.493 e. The van der Waals surface area contributed by atoms with E-state index in [0.717, 1.165) is 24.3 Å². The number of hydrogen-bond donors (Lipinski definition) is 0. The number of carbonyl (C=O) groups is 2. The lowest BCUT2D eigenvalue weighted by Crippen LogP contribution is -2.50. The Morgan fingerprint density at radius 2 is 1.86 bits per heavy atom. The maximum absolute atomic E-state index is 12.3. The molecule has 0 N–H and O–H groups in total. The van der Waals surface area contributed by atoms with Crippen molar-refractivity contribution < 1.29 is 14.3 Å². The van der Waals surface area contributed by atoms with Gasteiger partial charge in [-0.25, -0.2) is 0 Å². The summed E-state index contributed by atoms with van der Waals surface area (Å²) in [4.78, 5) is 27.3. The van der Waals surface area contributed by atoms with E-state index in [1.165, 1.54) is 5.56 Å². The van der Waals surface area contributed by atoms with E-state index in [-0.39, 0.29) is 11.8 Å². The molecule has 0 saturated carbocycles. The maximum atomic E-state index is 12.3. The lowest BCUT2D eigenvalue weighted by molar-refractivity contribution is -0.138. The van der Waals surface area contributed by atoms with Crippen molar-refractivity contribution >= 4 is 11.8 Å². The van der Waals surface area contributed by atoms with Crippen LogP contribution in [0.25, 0.3) is 0 Å². The van der Waals surface area contributed by atoms with Crippen molar-refractivity contribution in [1.82, 2.24) is 9.80 Å². The number of rotatable bonds is 2. The Morgan fingerprint density at radius 3 is 2.57 bits per heavy atom. The van der Waals surface area contributed by atoms with Crippen LogP contribution < -0.4 is 4.74 Å². The quantitative estimate of drug-likeness (QED) is 0.811. The first-order valence-corrected chi connectivity index (χ1v) is 7.41. The largest absolute Gasteiger partial charge is 0.493 e. The maximum Gasteiger partial charge on any atom is 0.227 e. The smallest absolute Gasteiger partial charge is 0.227 e. The molecule has 1 aromatic rings. The SMILES string of the molecule is CC(=O)N1CCN(C(=O)Cc2ccc3c(c2)CCO3)CC1. The van der Waals surface area contributed by atoms with Crippen molar-refractivity contribution in [3.8, 4) is 5.75 Å². The van der Waals surface area contributed by atoms with Gasteiger partial charge in [0.1, 0.15) is 5.75 Å². The summed E-state index contributed by atoms with van der Waals surface area (Å²) in [5.41, 5.74) is 2.24. The Hall–Kier alpha value is -2.04. The summed E-state index contributed by atoms with van der Waals surface area (Å²) in [6.45, 7) is 4.85. The highest BCUT2D eigenvalue weighted by atomic mass is 16.5. The van der Waals surface area contributed by atoms with Crippen LogP contribution in [0.2, 0.25) is 0 Å². The number of fused-ring (bicyclic) bond motifs is 1. The third kappa shape index (κ3) is 3.01. The van der Waals surface area contributed by atoms with Gasteiger partial charge < -0.3 is 14.5 Å². The summed E-state index contributed by atoms with van der Waals surface area (Å²) in [5, 5.41) is 0. The van der Waals surface area contributed by atoms with E-state index < -0.39 is 0 Å². The fourth-order valence-electron chi connectivity index (χ4n) is 2.91. The number of nitrogens with zero attached hydrogens (tertiary/aromatic N) is 2. The molecule has 2 heterocycles. The Morgan fingerprint density at radius 1 is 1.14 bits per heavy atom. The van der Waals surface area contributed by atoms with Crippen molar-refractivity contribution in [1.29, 1.82) is 0 Å².